The van der Waals surface area contributed by atoms with Gasteiger partial charge in [0.15, 0.2) is 9.84 Å². The second-order valence-electron chi connectivity index (χ2n) is 5.83. The van der Waals surface area contributed by atoms with Crippen LogP contribution in [0.3, 0.4) is 0 Å². The predicted molar refractivity (Wildman–Crippen MR) is 72.3 cm³/mol. The van der Waals surface area contributed by atoms with Crippen molar-refractivity contribution in [1.82, 2.24) is 4.90 Å². The summed E-state index contributed by atoms with van der Waals surface area (Å²) < 4.78 is 23.1. The Morgan fingerprint density at radius 2 is 2.00 bits per heavy atom. The summed E-state index contributed by atoms with van der Waals surface area (Å²) in [6.07, 6.45) is 5.35. The number of likely N-dealkylation sites (tertiary alicyclic amines) is 1. The third-order valence-corrected chi connectivity index (χ3v) is 6.04. The first kappa shape index (κ1) is 14.3. The first-order chi connectivity index (χ1) is 8.52. The van der Waals surface area contributed by atoms with Crippen molar-refractivity contribution in [2.75, 3.05) is 24.6 Å². The van der Waals surface area contributed by atoms with Crippen LogP contribution in [0, 0.1) is 5.92 Å². The van der Waals surface area contributed by atoms with Crippen LogP contribution in [0.4, 0.5) is 0 Å². The SMILES string of the molecule is CCCC1CCCN(C2CS(=O)(=O)CC2O)CC1. The van der Waals surface area contributed by atoms with Crippen LogP contribution in [0.15, 0.2) is 0 Å². The summed E-state index contributed by atoms with van der Waals surface area (Å²) in [6, 6.07) is -0.157. The Labute approximate surface area is 110 Å². The Hall–Kier alpha value is -0.130. The maximum absolute atomic E-state index is 11.6. The molecule has 0 saturated carbocycles. The summed E-state index contributed by atoms with van der Waals surface area (Å²) in [6.45, 7) is 4.11. The number of hydrogen-bond acceptors (Lipinski definition) is 4. The van der Waals surface area contributed by atoms with Crippen molar-refractivity contribution in [3.63, 3.8) is 0 Å². The van der Waals surface area contributed by atoms with E-state index in [9.17, 15) is 13.5 Å². The fraction of sp³-hybridized carbons (Fsp3) is 1.00. The summed E-state index contributed by atoms with van der Waals surface area (Å²) >= 11 is 0. The van der Waals surface area contributed by atoms with Gasteiger partial charge in [-0.05, 0) is 38.3 Å². The lowest BCUT2D eigenvalue weighted by atomic mass is 9.96. The molecule has 1 N–H and O–H groups in total. The lowest BCUT2D eigenvalue weighted by Crippen LogP contribution is -2.43. The molecule has 4 nitrogen and oxygen atoms in total. The zero-order valence-electron chi connectivity index (χ0n) is 11.2. The number of rotatable bonds is 3. The molecule has 0 spiro atoms. The average Bonchev–Trinajstić information content (AvgIpc) is 2.49. The van der Waals surface area contributed by atoms with Gasteiger partial charge in [0.1, 0.15) is 0 Å². The Bertz CT molecular complexity index is 368. The highest BCUT2D eigenvalue weighted by atomic mass is 32.2. The third kappa shape index (κ3) is 3.45. The predicted octanol–water partition coefficient (Wildman–Crippen LogP) is 1.05. The quantitative estimate of drug-likeness (QED) is 0.836. The second-order valence-corrected chi connectivity index (χ2v) is 7.99. The highest BCUT2D eigenvalue weighted by molar-refractivity contribution is 7.91. The largest absolute Gasteiger partial charge is 0.390 e. The maximum Gasteiger partial charge on any atom is 0.154 e. The maximum atomic E-state index is 11.6. The lowest BCUT2D eigenvalue weighted by molar-refractivity contribution is 0.0846. The van der Waals surface area contributed by atoms with Crippen molar-refractivity contribution < 1.29 is 13.5 Å². The van der Waals surface area contributed by atoms with Gasteiger partial charge in [-0.3, -0.25) is 4.90 Å². The summed E-state index contributed by atoms with van der Waals surface area (Å²) in [7, 11) is -3.02. The number of aliphatic hydroxyl groups excluding tert-OH is 1. The van der Waals surface area contributed by atoms with E-state index in [-0.39, 0.29) is 17.5 Å². The average molecular weight is 275 g/mol. The fourth-order valence-corrected chi connectivity index (χ4v) is 5.21. The van der Waals surface area contributed by atoms with Crippen molar-refractivity contribution in [2.24, 2.45) is 5.92 Å². The van der Waals surface area contributed by atoms with Crippen molar-refractivity contribution in [1.29, 1.82) is 0 Å². The molecule has 2 saturated heterocycles. The van der Waals surface area contributed by atoms with Crippen LogP contribution >= 0.6 is 0 Å². The van der Waals surface area contributed by atoms with E-state index >= 15 is 0 Å². The van der Waals surface area contributed by atoms with Crippen molar-refractivity contribution in [3.8, 4) is 0 Å². The number of sulfone groups is 1. The molecule has 0 aromatic carbocycles. The normalized spacial score (nSPS) is 37.6. The van der Waals surface area contributed by atoms with Crippen LogP contribution in [0.1, 0.15) is 39.0 Å². The topological polar surface area (TPSA) is 57.6 Å². The molecule has 5 heteroatoms. The van der Waals surface area contributed by atoms with E-state index in [0.29, 0.717) is 0 Å². The van der Waals surface area contributed by atoms with Crippen LogP contribution < -0.4 is 0 Å². The summed E-state index contributed by atoms with van der Waals surface area (Å²) in [4.78, 5) is 2.21. The van der Waals surface area contributed by atoms with E-state index in [0.717, 1.165) is 31.8 Å². The molecule has 0 aromatic rings. The summed E-state index contributed by atoms with van der Waals surface area (Å²) in [5.41, 5.74) is 0. The number of hydrogen-bond donors (Lipinski definition) is 1. The standard InChI is InChI=1S/C13H25NO3S/c1-2-4-11-5-3-7-14(8-6-11)12-9-18(16,17)10-13(12)15/h11-13,15H,2-10H2,1H3. The van der Waals surface area contributed by atoms with E-state index in [1.165, 1.54) is 19.3 Å². The van der Waals surface area contributed by atoms with Gasteiger partial charge in [0.25, 0.3) is 0 Å². The van der Waals surface area contributed by atoms with Crippen LogP contribution in [0.5, 0.6) is 0 Å². The monoisotopic (exact) mass is 275 g/mol. The minimum Gasteiger partial charge on any atom is -0.390 e. The molecular weight excluding hydrogens is 250 g/mol. The van der Waals surface area contributed by atoms with Gasteiger partial charge in [-0.25, -0.2) is 8.42 Å². The van der Waals surface area contributed by atoms with E-state index in [4.69, 9.17) is 0 Å². The smallest absolute Gasteiger partial charge is 0.154 e. The molecule has 18 heavy (non-hydrogen) atoms. The van der Waals surface area contributed by atoms with Crippen LogP contribution in [0.2, 0.25) is 0 Å². The minimum atomic E-state index is -3.02. The van der Waals surface area contributed by atoms with Gasteiger partial charge in [-0.1, -0.05) is 19.8 Å². The Morgan fingerprint density at radius 3 is 2.61 bits per heavy atom. The molecule has 0 bridgehead atoms. The Kier molecular flexibility index (Phi) is 4.67. The lowest BCUT2D eigenvalue weighted by Gasteiger charge is -2.28. The molecule has 0 aliphatic carbocycles. The van der Waals surface area contributed by atoms with E-state index in [1.54, 1.807) is 0 Å². The van der Waals surface area contributed by atoms with Gasteiger partial charge in [-0.15, -0.1) is 0 Å². The molecular formula is C13H25NO3S. The molecule has 3 unspecified atom stereocenters. The van der Waals surface area contributed by atoms with Gasteiger partial charge >= 0.3 is 0 Å². The van der Waals surface area contributed by atoms with E-state index in [1.807, 2.05) is 0 Å². The first-order valence-electron chi connectivity index (χ1n) is 7.14. The number of nitrogens with zero attached hydrogens (tertiary/aromatic N) is 1. The second kappa shape index (κ2) is 5.88. The molecule has 2 aliphatic rings. The molecule has 3 atom stereocenters. The molecule has 2 heterocycles. The summed E-state index contributed by atoms with van der Waals surface area (Å²) in [5, 5.41) is 9.92. The molecule has 0 amide bonds. The van der Waals surface area contributed by atoms with Crippen LogP contribution in [0.25, 0.3) is 0 Å². The number of aliphatic hydroxyl groups is 1. The summed E-state index contributed by atoms with van der Waals surface area (Å²) in [5.74, 6) is 0.884. The molecule has 2 fully saturated rings. The van der Waals surface area contributed by atoms with Crippen molar-refractivity contribution in [2.45, 2.75) is 51.2 Å². The van der Waals surface area contributed by atoms with Gasteiger partial charge < -0.3 is 5.11 Å². The zero-order chi connectivity index (χ0) is 13.2. The van der Waals surface area contributed by atoms with Crippen LogP contribution in [-0.2, 0) is 9.84 Å². The third-order valence-electron chi connectivity index (χ3n) is 4.34. The van der Waals surface area contributed by atoms with E-state index in [2.05, 4.69) is 11.8 Å². The van der Waals surface area contributed by atoms with Gasteiger partial charge in [0.05, 0.1) is 23.7 Å². The Morgan fingerprint density at radius 1 is 1.22 bits per heavy atom. The Balaban J connectivity index is 1.94. The molecule has 2 aliphatic heterocycles. The highest BCUT2D eigenvalue weighted by Crippen LogP contribution is 2.26. The van der Waals surface area contributed by atoms with Crippen molar-refractivity contribution in [3.05, 3.63) is 0 Å². The molecule has 106 valence electrons. The fourth-order valence-electron chi connectivity index (χ4n) is 3.38. The molecule has 2 rings (SSSR count). The van der Waals surface area contributed by atoms with Crippen molar-refractivity contribution >= 4 is 9.84 Å². The minimum absolute atomic E-state index is 0.0491. The van der Waals surface area contributed by atoms with Gasteiger partial charge in [0.2, 0.25) is 0 Å². The molecule has 0 radical (unpaired) electrons. The van der Waals surface area contributed by atoms with E-state index < -0.39 is 15.9 Å². The van der Waals surface area contributed by atoms with Gasteiger partial charge in [-0.2, -0.15) is 0 Å². The zero-order valence-corrected chi connectivity index (χ0v) is 12.0. The highest BCUT2D eigenvalue weighted by Gasteiger charge is 2.40. The van der Waals surface area contributed by atoms with Crippen LogP contribution in [-0.4, -0.2) is 55.2 Å². The molecule has 0 aromatic heterocycles. The first-order valence-corrected chi connectivity index (χ1v) is 8.96. The van der Waals surface area contributed by atoms with Gasteiger partial charge in [0, 0.05) is 0 Å².